The van der Waals surface area contributed by atoms with Crippen LogP contribution in [0.3, 0.4) is 0 Å². The van der Waals surface area contributed by atoms with Crippen LogP contribution in [0.5, 0.6) is 0 Å². The summed E-state index contributed by atoms with van der Waals surface area (Å²) in [5.74, 6) is 0. The number of halogens is 1. The van der Waals surface area contributed by atoms with Gasteiger partial charge in [0.1, 0.15) is 0 Å². The molecule has 0 aromatic rings. The summed E-state index contributed by atoms with van der Waals surface area (Å²) >= 11 is 2.26. The summed E-state index contributed by atoms with van der Waals surface area (Å²) in [5, 5.41) is 0. The largest absolute Gasteiger partial charge is 0.247 e. The number of hydrogen-bond donors (Lipinski definition) is 0. The van der Waals surface area contributed by atoms with Gasteiger partial charge in [0.05, 0.1) is 0 Å². The van der Waals surface area contributed by atoms with E-state index in [4.69, 9.17) is 0 Å². The van der Waals surface area contributed by atoms with E-state index in [1.807, 2.05) is 0 Å². The van der Waals surface area contributed by atoms with Crippen LogP contribution in [0.2, 0.25) is 0 Å². The molecule has 0 spiro atoms. The van der Waals surface area contributed by atoms with Crippen molar-refractivity contribution in [2.45, 2.75) is 13.3 Å². The molecule has 0 amide bonds. The first-order chi connectivity index (χ1) is 3.77. The van der Waals surface area contributed by atoms with Crippen LogP contribution < -0.4 is 0 Å². The fourth-order valence-corrected chi connectivity index (χ4v) is 0.614. The molecule has 0 aliphatic rings. The van der Waals surface area contributed by atoms with Crippen LogP contribution in [0, 0.1) is 0 Å². The number of nitrogens with zero attached hydrogens (tertiary/aromatic N) is 1. The zero-order valence-electron chi connectivity index (χ0n) is 5.39. The summed E-state index contributed by atoms with van der Waals surface area (Å²) in [6.07, 6.45) is 5.49. The van der Waals surface area contributed by atoms with Crippen molar-refractivity contribution in [1.29, 1.82) is 0 Å². The van der Waals surface area contributed by atoms with Gasteiger partial charge in [-0.25, -0.2) is 3.11 Å². The fourth-order valence-electron chi connectivity index (χ4n) is 0.386. The van der Waals surface area contributed by atoms with Crippen molar-refractivity contribution in [3.8, 4) is 0 Å². The van der Waals surface area contributed by atoms with E-state index in [1.54, 1.807) is 0 Å². The predicted octanol–water partition coefficient (Wildman–Crippen LogP) is 2.23. The van der Waals surface area contributed by atoms with Crippen LogP contribution in [-0.4, -0.2) is 16.7 Å². The van der Waals surface area contributed by atoms with Crippen molar-refractivity contribution in [3.63, 3.8) is 0 Å². The molecule has 0 unspecified atom stereocenters. The van der Waals surface area contributed by atoms with E-state index in [2.05, 4.69) is 52.1 Å². The zero-order valence-corrected chi connectivity index (χ0v) is 7.55. The first-order valence-corrected chi connectivity index (χ1v) is 3.75. The molecule has 8 heavy (non-hydrogen) atoms. The van der Waals surface area contributed by atoms with Crippen LogP contribution in [0.1, 0.15) is 13.3 Å². The Morgan fingerprint density at radius 2 is 2.12 bits per heavy atom. The third kappa shape index (κ3) is 6.43. The Balaban J connectivity index is 3.03. The van der Waals surface area contributed by atoms with Crippen LogP contribution in [0.25, 0.3) is 0 Å². The van der Waals surface area contributed by atoms with Gasteiger partial charge in [-0.1, -0.05) is 19.1 Å². The zero-order chi connectivity index (χ0) is 6.41. The Morgan fingerprint density at radius 3 is 2.50 bits per heavy atom. The predicted molar refractivity (Wildman–Crippen MR) is 46.1 cm³/mol. The van der Waals surface area contributed by atoms with Gasteiger partial charge in [-0.3, -0.25) is 0 Å². The molecule has 0 rings (SSSR count). The fraction of sp³-hybridized carbons (Fsp3) is 0.667. The smallest absolute Gasteiger partial charge is 0.0258 e. The van der Waals surface area contributed by atoms with E-state index in [9.17, 15) is 0 Å². The highest BCUT2D eigenvalue weighted by Gasteiger charge is 1.80. The monoisotopic (exact) mass is 225 g/mol. The van der Waals surface area contributed by atoms with E-state index >= 15 is 0 Å². The van der Waals surface area contributed by atoms with Crippen LogP contribution in [0.4, 0.5) is 0 Å². The summed E-state index contributed by atoms with van der Waals surface area (Å²) in [6.45, 7) is 3.19. The second-order valence-electron chi connectivity index (χ2n) is 1.67. The summed E-state index contributed by atoms with van der Waals surface area (Å²) in [5.41, 5.74) is 0. The molecule has 0 saturated carbocycles. The lowest BCUT2D eigenvalue weighted by atomic mass is 10.4. The molecular formula is C6H12IN. The molecule has 1 nitrogen and oxygen atoms in total. The van der Waals surface area contributed by atoms with E-state index in [0.717, 1.165) is 13.0 Å². The highest BCUT2D eigenvalue weighted by molar-refractivity contribution is 14.1. The van der Waals surface area contributed by atoms with Crippen LogP contribution in [0.15, 0.2) is 12.2 Å². The van der Waals surface area contributed by atoms with Gasteiger partial charge in [0, 0.05) is 29.4 Å². The van der Waals surface area contributed by atoms with Gasteiger partial charge in [-0.05, 0) is 13.5 Å². The third-order valence-electron chi connectivity index (χ3n) is 0.759. The average Bonchev–Trinajstić information content (AvgIpc) is 1.66. The van der Waals surface area contributed by atoms with Gasteiger partial charge in [0.15, 0.2) is 0 Å². The highest BCUT2D eigenvalue weighted by atomic mass is 127. The molecular weight excluding hydrogens is 213 g/mol. The maximum absolute atomic E-state index is 2.26. The van der Waals surface area contributed by atoms with Crippen molar-refractivity contribution >= 4 is 22.9 Å². The van der Waals surface area contributed by atoms with Crippen LogP contribution in [-0.2, 0) is 0 Å². The summed E-state index contributed by atoms with van der Waals surface area (Å²) < 4.78 is 2.11. The molecule has 48 valence electrons. The maximum atomic E-state index is 2.26. The van der Waals surface area contributed by atoms with Crippen molar-refractivity contribution in [2.24, 2.45) is 0 Å². The minimum Gasteiger partial charge on any atom is -0.247 e. The molecule has 0 bridgehead atoms. The molecule has 0 N–H and O–H groups in total. The Labute approximate surface area is 65.3 Å². The van der Waals surface area contributed by atoms with Crippen molar-refractivity contribution in [1.82, 2.24) is 3.11 Å². The number of allylic oxidation sites excluding steroid dienone is 1. The molecule has 0 atom stereocenters. The van der Waals surface area contributed by atoms with Crippen LogP contribution >= 0.6 is 22.9 Å². The van der Waals surface area contributed by atoms with Gasteiger partial charge < -0.3 is 0 Å². The lowest BCUT2D eigenvalue weighted by molar-refractivity contribution is 0.686. The second kappa shape index (κ2) is 5.56. The minimum atomic E-state index is 1.05. The normalized spacial score (nSPS) is 11.5. The van der Waals surface area contributed by atoms with Gasteiger partial charge in [0.2, 0.25) is 0 Å². The topological polar surface area (TPSA) is 3.24 Å². The number of hydrogen-bond acceptors (Lipinski definition) is 1. The standard InChI is InChI=1S/C6H12IN/c1-3-4-5-6-8(2)7/h4-5H,3,6H2,1-2H3/b5-4-. The van der Waals surface area contributed by atoms with E-state index in [0.29, 0.717) is 0 Å². The first-order valence-electron chi connectivity index (χ1n) is 2.79. The molecule has 0 fully saturated rings. The number of likely N-dealkylation sites (N-methyl/N-ethyl adjacent to an activating group) is 1. The summed E-state index contributed by atoms with van der Waals surface area (Å²) in [4.78, 5) is 0. The van der Waals surface area contributed by atoms with Crippen molar-refractivity contribution < 1.29 is 0 Å². The van der Waals surface area contributed by atoms with Gasteiger partial charge >= 0.3 is 0 Å². The molecule has 0 aromatic carbocycles. The highest BCUT2D eigenvalue weighted by Crippen LogP contribution is 1.91. The SMILES string of the molecule is CC/C=C\CN(C)I. The van der Waals surface area contributed by atoms with E-state index in [-0.39, 0.29) is 0 Å². The first kappa shape index (κ1) is 8.43. The Kier molecular flexibility index (Phi) is 5.86. The third-order valence-corrected chi connectivity index (χ3v) is 1.15. The Morgan fingerprint density at radius 1 is 1.50 bits per heavy atom. The number of rotatable bonds is 3. The van der Waals surface area contributed by atoms with E-state index in [1.165, 1.54) is 0 Å². The summed E-state index contributed by atoms with van der Waals surface area (Å²) in [7, 11) is 2.06. The molecule has 0 heterocycles. The maximum Gasteiger partial charge on any atom is 0.0258 e. The van der Waals surface area contributed by atoms with Gasteiger partial charge in [-0.2, -0.15) is 0 Å². The summed E-state index contributed by atoms with van der Waals surface area (Å²) in [6, 6.07) is 0. The van der Waals surface area contributed by atoms with Gasteiger partial charge in [0.25, 0.3) is 0 Å². The van der Waals surface area contributed by atoms with Gasteiger partial charge in [-0.15, -0.1) is 0 Å². The van der Waals surface area contributed by atoms with Crippen molar-refractivity contribution in [2.75, 3.05) is 13.6 Å². The second-order valence-corrected chi connectivity index (χ2v) is 3.31. The molecule has 0 aromatic heterocycles. The lowest BCUT2D eigenvalue weighted by Gasteiger charge is -1.99. The molecule has 0 saturated heterocycles. The van der Waals surface area contributed by atoms with E-state index < -0.39 is 0 Å². The average molecular weight is 225 g/mol. The quantitative estimate of drug-likeness (QED) is 0.404. The Bertz CT molecular complexity index is 68.9. The lowest BCUT2D eigenvalue weighted by Crippen LogP contribution is -2.01. The molecule has 0 aliphatic heterocycles. The molecule has 0 aliphatic carbocycles. The minimum absolute atomic E-state index is 1.05. The Hall–Kier alpha value is 0.430. The molecule has 2 heteroatoms. The van der Waals surface area contributed by atoms with Crippen molar-refractivity contribution in [3.05, 3.63) is 12.2 Å². The molecule has 0 radical (unpaired) electrons.